The van der Waals surface area contributed by atoms with Crippen LogP contribution in [0.4, 0.5) is 0 Å². The van der Waals surface area contributed by atoms with Crippen molar-refractivity contribution in [3.8, 4) is 28.6 Å². The average Bonchev–Trinajstić information content (AvgIpc) is 3.78. The fraction of sp³-hybridized carbons (Fsp3) is 0. The minimum atomic E-state index is 0.648. The van der Waals surface area contributed by atoms with E-state index < -0.39 is 0 Å². The molecule has 0 bridgehead atoms. The monoisotopic (exact) mass is 599 g/mol. The minimum absolute atomic E-state index is 0.648. The standard InChI is InChI=1S/C43H25N3O/c44-26-27-16-19-35-34-12-3-6-15-40(34)46(41(35)22-27)30-9-7-8-28(23-30)29-17-20-42-36(24-29)37-25-31(18-21-43(37)47-42)45-38-13-4-1-10-32(38)33-11-2-5-14-39(33)45/h1-25H. The molecule has 3 aromatic heterocycles. The topological polar surface area (TPSA) is 46.8 Å². The Bertz CT molecular complexity index is 2880. The predicted octanol–water partition coefficient (Wildman–Crippen LogP) is 11.3. The Hall–Kier alpha value is -6.57. The van der Waals surface area contributed by atoms with E-state index in [0.29, 0.717) is 5.56 Å². The first kappa shape index (κ1) is 25.7. The van der Waals surface area contributed by atoms with E-state index in [1.807, 2.05) is 12.1 Å². The second kappa shape index (κ2) is 9.71. The molecule has 0 amide bonds. The van der Waals surface area contributed by atoms with Crippen LogP contribution in [-0.4, -0.2) is 9.13 Å². The van der Waals surface area contributed by atoms with Gasteiger partial charge in [0.05, 0.1) is 33.7 Å². The van der Waals surface area contributed by atoms with E-state index in [9.17, 15) is 5.26 Å². The fourth-order valence-electron chi connectivity index (χ4n) is 7.43. The molecule has 0 saturated heterocycles. The van der Waals surface area contributed by atoms with E-state index in [2.05, 4.69) is 155 Å². The number of para-hydroxylation sites is 3. The van der Waals surface area contributed by atoms with Crippen LogP contribution < -0.4 is 0 Å². The summed E-state index contributed by atoms with van der Waals surface area (Å²) in [6.07, 6.45) is 0. The summed E-state index contributed by atoms with van der Waals surface area (Å²) in [5, 5.41) is 16.6. The Morgan fingerprint density at radius 1 is 0.404 bits per heavy atom. The van der Waals surface area contributed by atoms with Gasteiger partial charge in [-0.2, -0.15) is 5.26 Å². The highest BCUT2D eigenvalue weighted by atomic mass is 16.3. The lowest BCUT2D eigenvalue weighted by molar-refractivity contribution is 0.669. The molecule has 0 aliphatic rings. The van der Waals surface area contributed by atoms with Crippen molar-refractivity contribution in [2.45, 2.75) is 0 Å². The van der Waals surface area contributed by atoms with Gasteiger partial charge in [-0.1, -0.05) is 78.9 Å². The van der Waals surface area contributed by atoms with E-state index in [1.165, 1.54) is 27.2 Å². The Balaban J connectivity index is 1.15. The summed E-state index contributed by atoms with van der Waals surface area (Å²) in [5.74, 6) is 0. The van der Waals surface area contributed by atoms with Crippen molar-refractivity contribution in [3.05, 3.63) is 157 Å². The largest absolute Gasteiger partial charge is 0.456 e. The zero-order valence-electron chi connectivity index (χ0n) is 25.2. The van der Waals surface area contributed by atoms with Gasteiger partial charge in [0.25, 0.3) is 0 Å². The molecule has 10 aromatic rings. The highest BCUT2D eigenvalue weighted by molar-refractivity contribution is 6.12. The van der Waals surface area contributed by atoms with Gasteiger partial charge >= 0.3 is 0 Å². The zero-order valence-corrected chi connectivity index (χ0v) is 25.2. The highest BCUT2D eigenvalue weighted by Crippen LogP contribution is 2.38. The molecular weight excluding hydrogens is 574 g/mol. The maximum atomic E-state index is 9.67. The second-order valence-electron chi connectivity index (χ2n) is 12.1. The summed E-state index contributed by atoms with van der Waals surface area (Å²) in [6.45, 7) is 0. The first-order valence-corrected chi connectivity index (χ1v) is 15.7. The Labute approximate surface area is 269 Å². The number of hydrogen-bond donors (Lipinski definition) is 0. The molecule has 0 fully saturated rings. The van der Waals surface area contributed by atoms with Gasteiger partial charge in [0, 0.05) is 43.7 Å². The molecule has 0 radical (unpaired) electrons. The van der Waals surface area contributed by atoms with Crippen LogP contribution in [0.25, 0.3) is 88.1 Å². The number of aromatic nitrogens is 2. The molecule has 218 valence electrons. The van der Waals surface area contributed by atoms with Crippen molar-refractivity contribution in [1.82, 2.24) is 9.13 Å². The number of nitriles is 1. The van der Waals surface area contributed by atoms with Gasteiger partial charge in [0.1, 0.15) is 11.2 Å². The van der Waals surface area contributed by atoms with Crippen molar-refractivity contribution in [3.63, 3.8) is 0 Å². The first-order chi connectivity index (χ1) is 23.2. The van der Waals surface area contributed by atoms with E-state index in [4.69, 9.17) is 4.42 Å². The number of furan rings is 1. The molecular formula is C43H25N3O. The summed E-state index contributed by atoms with van der Waals surface area (Å²) >= 11 is 0. The third-order valence-corrected chi connectivity index (χ3v) is 9.53. The van der Waals surface area contributed by atoms with Crippen LogP contribution in [-0.2, 0) is 0 Å². The van der Waals surface area contributed by atoms with Gasteiger partial charge in [0.2, 0.25) is 0 Å². The van der Waals surface area contributed by atoms with Crippen molar-refractivity contribution < 1.29 is 4.42 Å². The Morgan fingerprint density at radius 2 is 0.957 bits per heavy atom. The average molecular weight is 600 g/mol. The molecule has 0 unspecified atom stereocenters. The highest BCUT2D eigenvalue weighted by Gasteiger charge is 2.16. The van der Waals surface area contributed by atoms with Gasteiger partial charge in [-0.3, -0.25) is 0 Å². The second-order valence-corrected chi connectivity index (χ2v) is 12.1. The minimum Gasteiger partial charge on any atom is -0.456 e. The Kier molecular flexibility index (Phi) is 5.32. The molecule has 7 aromatic carbocycles. The number of benzene rings is 7. The van der Waals surface area contributed by atoms with E-state index >= 15 is 0 Å². The third kappa shape index (κ3) is 3.75. The third-order valence-electron chi connectivity index (χ3n) is 9.53. The smallest absolute Gasteiger partial charge is 0.135 e. The quantitative estimate of drug-likeness (QED) is 0.203. The number of hydrogen-bond acceptors (Lipinski definition) is 2. The summed E-state index contributed by atoms with van der Waals surface area (Å²) < 4.78 is 11.0. The zero-order chi connectivity index (χ0) is 31.1. The molecule has 47 heavy (non-hydrogen) atoms. The van der Waals surface area contributed by atoms with Crippen LogP contribution in [0.2, 0.25) is 0 Å². The summed E-state index contributed by atoms with van der Waals surface area (Å²) in [6, 6.07) is 55.5. The van der Waals surface area contributed by atoms with Gasteiger partial charge in [-0.25, -0.2) is 0 Å². The SMILES string of the molecule is N#Cc1ccc2c3ccccc3n(-c3cccc(-c4ccc5oc6ccc(-n7c8ccccc8c8ccccc87)cc6c5c4)c3)c2c1. The molecule has 4 heteroatoms. The van der Waals surface area contributed by atoms with Gasteiger partial charge in [-0.15, -0.1) is 0 Å². The molecule has 0 aliphatic heterocycles. The van der Waals surface area contributed by atoms with Crippen LogP contribution in [0.1, 0.15) is 5.56 Å². The lowest BCUT2D eigenvalue weighted by Gasteiger charge is -2.11. The van der Waals surface area contributed by atoms with Gasteiger partial charge in [0.15, 0.2) is 0 Å². The van der Waals surface area contributed by atoms with E-state index in [1.54, 1.807) is 0 Å². The fourth-order valence-corrected chi connectivity index (χ4v) is 7.43. The molecule has 0 N–H and O–H groups in total. The lowest BCUT2D eigenvalue weighted by atomic mass is 10.0. The molecule has 0 aliphatic carbocycles. The summed E-state index contributed by atoms with van der Waals surface area (Å²) in [5.41, 5.74) is 11.3. The summed E-state index contributed by atoms with van der Waals surface area (Å²) in [7, 11) is 0. The number of fused-ring (bicyclic) bond motifs is 9. The summed E-state index contributed by atoms with van der Waals surface area (Å²) in [4.78, 5) is 0. The van der Waals surface area contributed by atoms with Crippen LogP contribution in [0.15, 0.2) is 156 Å². The van der Waals surface area contributed by atoms with Crippen LogP contribution in [0.3, 0.4) is 0 Å². The Morgan fingerprint density at radius 3 is 1.64 bits per heavy atom. The molecule has 3 heterocycles. The van der Waals surface area contributed by atoms with Crippen LogP contribution in [0.5, 0.6) is 0 Å². The molecule has 0 saturated carbocycles. The number of rotatable bonds is 3. The van der Waals surface area contributed by atoms with E-state index in [0.717, 1.165) is 60.9 Å². The van der Waals surface area contributed by atoms with Crippen molar-refractivity contribution in [2.75, 3.05) is 0 Å². The van der Waals surface area contributed by atoms with Gasteiger partial charge < -0.3 is 13.6 Å². The maximum absolute atomic E-state index is 9.67. The van der Waals surface area contributed by atoms with Crippen molar-refractivity contribution in [2.24, 2.45) is 0 Å². The predicted molar refractivity (Wildman–Crippen MR) is 193 cm³/mol. The first-order valence-electron chi connectivity index (χ1n) is 15.7. The van der Waals surface area contributed by atoms with Crippen molar-refractivity contribution in [1.29, 1.82) is 5.26 Å². The molecule has 0 atom stereocenters. The number of nitrogens with zero attached hydrogens (tertiary/aromatic N) is 3. The van der Waals surface area contributed by atoms with Crippen molar-refractivity contribution >= 4 is 65.6 Å². The van der Waals surface area contributed by atoms with Crippen LogP contribution in [0, 0.1) is 11.3 Å². The normalized spacial score (nSPS) is 11.8. The van der Waals surface area contributed by atoms with Crippen LogP contribution >= 0.6 is 0 Å². The van der Waals surface area contributed by atoms with Gasteiger partial charge in [-0.05, 0) is 83.9 Å². The maximum Gasteiger partial charge on any atom is 0.135 e. The molecule has 4 nitrogen and oxygen atoms in total. The van der Waals surface area contributed by atoms with E-state index in [-0.39, 0.29) is 0 Å². The molecule has 0 spiro atoms. The lowest BCUT2D eigenvalue weighted by Crippen LogP contribution is -1.94. The molecule has 10 rings (SSSR count).